The molecule has 8 rings (SSSR count). The number of benzene rings is 6. The molecule has 2 aliphatic rings. The summed E-state index contributed by atoms with van der Waals surface area (Å²) in [6, 6.07) is 46.6. The third-order valence-corrected chi connectivity index (χ3v) is 11.0. The van der Waals surface area contributed by atoms with Gasteiger partial charge in [-0.3, -0.25) is 0 Å². The van der Waals surface area contributed by atoms with Crippen molar-refractivity contribution >= 4 is 22.5 Å². The summed E-state index contributed by atoms with van der Waals surface area (Å²) in [4.78, 5) is 2.69. The Morgan fingerprint density at radius 2 is 1.02 bits per heavy atom. The first-order valence-corrected chi connectivity index (χ1v) is 16.6. The van der Waals surface area contributed by atoms with E-state index >= 15 is 0 Å². The molecule has 0 atom stereocenters. The SMILES string of the molecule is CC(C)(C)c1ccc(C2(c3ccc(C(C)(C)C)cc3)c3ccccc3-c3cc4c(cc32)-c2cccc3cccc(c23)S4)cc1. The first kappa shape index (κ1) is 27.5. The molecular formula is C43H38S. The Bertz CT molecular complexity index is 2020. The fourth-order valence-corrected chi connectivity index (χ4v) is 8.73. The van der Waals surface area contributed by atoms with E-state index in [1.165, 1.54) is 76.2 Å². The summed E-state index contributed by atoms with van der Waals surface area (Å²) < 4.78 is 0. The predicted octanol–water partition coefficient (Wildman–Crippen LogP) is 11.9. The molecule has 0 nitrogen and oxygen atoms in total. The van der Waals surface area contributed by atoms with E-state index in [2.05, 4.69) is 163 Å². The molecule has 0 unspecified atom stereocenters. The van der Waals surface area contributed by atoms with Gasteiger partial charge in [0.1, 0.15) is 0 Å². The summed E-state index contributed by atoms with van der Waals surface area (Å²) in [5.41, 5.74) is 13.2. The molecule has 44 heavy (non-hydrogen) atoms. The van der Waals surface area contributed by atoms with Crippen molar-refractivity contribution in [2.75, 3.05) is 0 Å². The quantitative estimate of drug-likeness (QED) is 0.194. The molecule has 0 radical (unpaired) electrons. The van der Waals surface area contributed by atoms with Crippen molar-refractivity contribution in [3.63, 3.8) is 0 Å². The first-order chi connectivity index (χ1) is 21.1. The highest BCUT2D eigenvalue weighted by molar-refractivity contribution is 7.99. The zero-order valence-corrected chi connectivity index (χ0v) is 27.3. The van der Waals surface area contributed by atoms with Crippen LogP contribution in [-0.2, 0) is 16.2 Å². The van der Waals surface area contributed by atoms with Gasteiger partial charge in [0.2, 0.25) is 0 Å². The Morgan fingerprint density at radius 1 is 0.455 bits per heavy atom. The van der Waals surface area contributed by atoms with E-state index in [-0.39, 0.29) is 10.8 Å². The van der Waals surface area contributed by atoms with Gasteiger partial charge in [-0.05, 0) is 90.0 Å². The van der Waals surface area contributed by atoms with E-state index in [9.17, 15) is 0 Å². The van der Waals surface area contributed by atoms with Crippen LogP contribution in [0, 0.1) is 0 Å². The Hall–Kier alpha value is -4.07. The molecule has 1 aliphatic carbocycles. The van der Waals surface area contributed by atoms with Crippen LogP contribution in [0.2, 0.25) is 0 Å². The van der Waals surface area contributed by atoms with Crippen LogP contribution < -0.4 is 0 Å². The lowest BCUT2D eigenvalue weighted by molar-refractivity contribution is 0.588. The maximum Gasteiger partial charge on any atom is 0.0713 e. The average Bonchev–Trinajstić information content (AvgIpc) is 3.30. The minimum absolute atomic E-state index is 0.0912. The summed E-state index contributed by atoms with van der Waals surface area (Å²) >= 11 is 1.92. The largest absolute Gasteiger partial charge is 0.0888 e. The predicted molar refractivity (Wildman–Crippen MR) is 188 cm³/mol. The molecule has 0 bridgehead atoms. The molecule has 1 heterocycles. The highest BCUT2D eigenvalue weighted by atomic mass is 32.2. The number of hydrogen-bond donors (Lipinski definition) is 0. The summed E-state index contributed by atoms with van der Waals surface area (Å²) in [6.07, 6.45) is 0. The second-order valence-electron chi connectivity index (χ2n) is 14.6. The molecule has 0 aromatic heterocycles. The molecule has 6 aromatic carbocycles. The standard InChI is InChI=1S/C43H38S/c1-41(2,3)28-17-21-30(22-18-28)43(31-23-19-29(20-24-31)42(4,5)6)36-15-8-7-13-32(36)34-26-39-35(25-37(34)43)33-14-9-11-27-12-10-16-38(44-39)40(27)33/h7-26H,1-6H3. The van der Waals surface area contributed by atoms with Crippen LogP contribution >= 0.6 is 11.8 Å². The van der Waals surface area contributed by atoms with Crippen LogP contribution in [0.1, 0.15) is 74.9 Å². The monoisotopic (exact) mass is 586 g/mol. The zero-order chi connectivity index (χ0) is 30.4. The van der Waals surface area contributed by atoms with E-state index in [0.717, 1.165) is 0 Å². The topological polar surface area (TPSA) is 0 Å². The van der Waals surface area contributed by atoms with Gasteiger partial charge < -0.3 is 0 Å². The lowest BCUT2D eigenvalue weighted by atomic mass is 9.66. The average molecular weight is 587 g/mol. The Kier molecular flexibility index (Phi) is 5.91. The fraction of sp³-hybridized carbons (Fsp3) is 0.209. The lowest BCUT2D eigenvalue weighted by Gasteiger charge is -2.35. The molecule has 6 aromatic rings. The van der Waals surface area contributed by atoms with Gasteiger partial charge in [-0.1, -0.05) is 156 Å². The summed E-state index contributed by atoms with van der Waals surface area (Å²) in [5, 5.41) is 2.68. The van der Waals surface area contributed by atoms with E-state index < -0.39 is 5.41 Å². The van der Waals surface area contributed by atoms with Crippen LogP contribution in [0.25, 0.3) is 33.0 Å². The van der Waals surface area contributed by atoms with Crippen molar-refractivity contribution in [1.29, 1.82) is 0 Å². The molecule has 1 aliphatic heterocycles. The van der Waals surface area contributed by atoms with Crippen LogP contribution in [0.15, 0.2) is 131 Å². The van der Waals surface area contributed by atoms with Crippen LogP contribution in [0.5, 0.6) is 0 Å². The number of hydrogen-bond acceptors (Lipinski definition) is 1. The number of fused-ring (bicyclic) bond motifs is 5. The van der Waals surface area contributed by atoms with Crippen LogP contribution in [-0.4, -0.2) is 0 Å². The van der Waals surface area contributed by atoms with E-state index in [1.807, 2.05) is 11.8 Å². The van der Waals surface area contributed by atoms with Gasteiger partial charge in [-0.2, -0.15) is 0 Å². The van der Waals surface area contributed by atoms with Gasteiger partial charge in [0.05, 0.1) is 5.41 Å². The highest BCUT2D eigenvalue weighted by Crippen LogP contribution is 2.59. The summed E-state index contributed by atoms with van der Waals surface area (Å²) in [5.74, 6) is 0. The Morgan fingerprint density at radius 3 is 1.64 bits per heavy atom. The van der Waals surface area contributed by atoms with Gasteiger partial charge in [0, 0.05) is 15.2 Å². The minimum atomic E-state index is -0.427. The summed E-state index contributed by atoms with van der Waals surface area (Å²) in [6.45, 7) is 13.8. The maximum absolute atomic E-state index is 2.54. The second kappa shape index (κ2) is 9.46. The maximum atomic E-state index is 2.54. The van der Waals surface area contributed by atoms with Crippen LogP contribution in [0.4, 0.5) is 0 Å². The van der Waals surface area contributed by atoms with Gasteiger partial charge in [-0.15, -0.1) is 0 Å². The van der Waals surface area contributed by atoms with Gasteiger partial charge in [0.25, 0.3) is 0 Å². The van der Waals surface area contributed by atoms with Gasteiger partial charge in [0.15, 0.2) is 0 Å². The highest BCUT2D eigenvalue weighted by Gasteiger charge is 2.47. The van der Waals surface area contributed by atoms with Crippen molar-refractivity contribution in [3.8, 4) is 22.3 Å². The fourth-order valence-electron chi connectivity index (χ4n) is 7.56. The van der Waals surface area contributed by atoms with Crippen molar-refractivity contribution in [3.05, 3.63) is 155 Å². The third kappa shape index (κ3) is 3.92. The zero-order valence-electron chi connectivity index (χ0n) is 26.5. The lowest BCUT2D eigenvalue weighted by Crippen LogP contribution is -2.29. The van der Waals surface area contributed by atoms with Gasteiger partial charge >= 0.3 is 0 Å². The summed E-state index contributed by atoms with van der Waals surface area (Å²) in [7, 11) is 0. The van der Waals surface area contributed by atoms with Crippen molar-refractivity contribution in [2.45, 2.75) is 67.6 Å². The molecular weight excluding hydrogens is 549 g/mol. The molecule has 0 amide bonds. The molecule has 0 saturated heterocycles. The molecule has 216 valence electrons. The van der Waals surface area contributed by atoms with Crippen LogP contribution in [0.3, 0.4) is 0 Å². The van der Waals surface area contributed by atoms with E-state index in [4.69, 9.17) is 0 Å². The van der Waals surface area contributed by atoms with E-state index in [1.54, 1.807) is 0 Å². The van der Waals surface area contributed by atoms with Gasteiger partial charge in [-0.25, -0.2) is 0 Å². The first-order valence-electron chi connectivity index (χ1n) is 15.8. The van der Waals surface area contributed by atoms with Crippen molar-refractivity contribution in [2.24, 2.45) is 0 Å². The Labute approximate surface area is 266 Å². The molecule has 0 fully saturated rings. The second-order valence-corrected chi connectivity index (χ2v) is 15.7. The Balaban J connectivity index is 1.47. The van der Waals surface area contributed by atoms with Crippen molar-refractivity contribution < 1.29 is 0 Å². The number of rotatable bonds is 2. The smallest absolute Gasteiger partial charge is 0.0713 e. The molecule has 0 spiro atoms. The minimum Gasteiger partial charge on any atom is -0.0888 e. The molecule has 1 heteroatoms. The normalized spacial score (nSPS) is 14.7. The third-order valence-electron chi connectivity index (χ3n) is 9.89. The molecule has 0 N–H and O–H groups in total. The van der Waals surface area contributed by atoms with E-state index in [0.29, 0.717) is 0 Å². The molecule has 0 saturated carbocycles. The van der Waals surface area contributed by atoms with Crippen molar-refractivity contribution in [1.82, 2.24) is 0 Å².